The number of benzene rings is 1. The third-order valence-corrected chi connectivity index (χ3v) is 6.94. The highest BCUT2D eigenvalue weighted by molar-refractivity contribution is 7.09. The van der Waals surface area contributed by atoms with Gasteiger partial charge >= 0.3 is 0 Å². The van der Waals surface area contributed by atoms with E-state index in [9.17, 15) is 9.59 Å². The number of piperidine rings is 1. The number of hydrogen-bond donors (Lipinski definition) is 2. The lowest BCUT2D eigenvalue weighted by molar-refractivity contribution is -0.124. The first-order chi connectivity index (χ1) is 15.9. The van der Waals surface area contributed by atoms with E-state index in [2.05, 4.69) is 33.0 Å². The number of rotatable bonds is 10. The fourth-order valence-electron chi connectivity index (χ4n) is 4.02. The van der Waals surface area contributed by atoms with Crippen LogP contribution in [0.3, 0.4) is 0 Å². The minimum atomic E-state index is -0.617. The third kappa shape index (κ3) is 7.20. The second-order valence-corrected chi connectivity index (χ2v) is 9.87. The van der Waals surface area contributed by atoms with Crippen molar-refractivity contribution in [3.63, 3.8) is 0 Å². The smallest absolute Gasteiger partial charge is 0.252 e. The van der Waals surface area contributed by atoms with Crippen LogP contribution in [0, 0.1) is 11.8 Å². The zero-order valence-corrected chi connectivity index (χ0v) is 20.7. The van der Waals surface area contributed by atoms with Gasteiger partial charge in [-0.1, -0.05) is 19.9 Å². The standard InChI is InChI=1S/C25H35N3O4S/c1-17(2)23(27-24(29)19-12-20(31-3)14-21(13-19)32-4)25(30)26-15-18-7-9-28(10-8-18)16-22-6-5-11-33-22/h5-6,11-14,17-18,23H,7-10,15-16H2,1-4H3,(H,26,30)(H,27,29). The molecule has 180 valence electrons. The molecule has 1 aromatic heterocycles. The Morgan fingerprint density at radius 1 is 1.12 bits per heavy atom. The molecule has 2 N–H and O–H groups in total. The summed E-state index contributed by atoms with van der Waals surface area (Å²) < 4.78 is 10.5. The molecule has 2 aromatic rings. The maximum atomic E-state index is 12.9. The van der Waals surface area contributed by atoms with E-state index in [1.54, 1.807) is 29.5 Å². The summed E-state index contributed by atoms with van der Waals surface area (Å²) in [6.07, 6.45) is 2.13. The Morgan fingerprint density at radius 3 is 2.33 bits per heavy atom. The van der Waals surface area contributed by atoms with Gasteiger partial charge in [0.15, 0.2) is 0 Å². The number of ether oxygens (including phenoxy) is 2. The molecule has 1 aliphatic rings. The first-order valence-electron chi connectivity index (χ1n) is 11.5. The van der Waals surface area contributed by atoms with Crippen molar-refractivity contribution in [2.45, 2.75) is 39.3 Å². The molecule has 0 spiro atoms. The van der Waals surface area contributed by atoms with E-state index >= 15 is 0 Å². The summed E-state index contributed by atoms with van der Waals surface area (Å²) in [4.78, 5) is 29.7. The minimum Gasteiger partial charge on any atom is -0.497 e. The Kier molecular flexibility index (Phi) is 9.14. The predicted molar refractivity (Wildman–Crippen MR) is 131 cm³/mol. The number of carbonyl (C=O) groups is 2. The monoisotopic (exact) mass is 473 g/mol. The van der Waals surface area contributed by atoms with Crippen LogP contribution in [0.15, 0.2) is 35.7 Å². The van der Waals surface area contributed by atoms with E-state index in [-0.39, 0.29) is 17.7 Å². The number of hydrogen-bond acceptors (Lipinski definition) is 6. The Hall–Kier alpha value is -2.58. The number of carbonyl (C=O) groups excluding carboxylic acids is 2. The lowest BCUT2D eigenvalue weighted by Gasteiger charge is -2.32. The maximum Gasteiger partial charge on any atom is 0.252 e. The summed E-state index contributed by atoms with van der Waals surface area (Å²) in [7, 11) is 3.07. The van der Waals surface area contributed by atoms with Crippen LogP contribution >= 0.6 is 11.3 Å². The molecule has 1 aliphatic heterocycles. The number of nitrogens with zero attached hydrogens (tertiary/aromatic N) is 1. The first kappa shape index (κ1) is 25.1. The molecule has 1 atom stereocenters. The molecular formula is C25H35N3O4S. The summed E-state index contributed by atoms with van der Waals surface area (Å²) >= 11 is 1.80. The highest BCUT2D eigenvalue weighted by Gasteiger charge is 2.27. The highest BCUT2D eigenvalue weighted by atomic mass is 32.1. The third-order valence-electron chi connectivity index (χ3n) is 6.08. The van der Waals surface area contributed by atoms with E-state index in [0.717, 1.165) is 32.5 Å². The van der Waals surface area contributed by atoms with Crippen LogP contribution in [0.5, 0.6) is 11.5 Å². The van der Waals surface area contributed by atoms with E-state index in [1.165, 1.54) is 19.1 Å². The van der Waals surface area contributed by atoms with Crippen molar-refractivity contribution in [2.75, 3.05) is 33.9 Å². The van der Waals surface area contributed by atoms with Gasteiger partial charge in [-0.05, 0) is 61.3 Å². The van der Waals surface area contributed by atoms with Crippen LogP contribution in [0.2, 0.25) is 0 Å². The largest absolute Gasteiger partial charge is 0.497 e. The van der Waals surface area contributed by atoms with Crippen molar-refractivity contribution in [1.82, 2.24) is 15.5 Å². The quantitative estimate of drug-likeness (QED) is 0.552. The Balaban J connectivity index is 1.50. The molecule has 1 saturated heterocycles. The van der Waals surface area contributed by atoms with Crippen molar-refractivity contribution in [1.29, 1.82) is 0 Å². The molecular weight excluding hydrogens is 438 g/mol. The van der Waals surface area contributed by atoms with Crippen molar-refractivity contribution < 1.29 is 19.1 Å². The van der Waals surface area contributed by atoms with Crippen LogP contribution in [0.25, 0.3) is 0 Å². The first-order valence-corrected chi connectivity index (χ1v) is 12.3. The molecule has 8 heteroatoms. The van der Waals surface area contributed by atoms with Crippen molar-refractivity contribution in [3.05, 3.63) is 46.2 Å². The number of likely N-dealkylation sites (tertiary alicyclic amines) is 1. The molecule has 1 aromatic carbocycles. The van der Waals surface area contributed by atoms with Crippen molar-refractivity contribution >= 4 is 23.2 Å². The van der Waals surface area contributed by atoms with E-state index in [4.69, 9.17) is 9.47 Å². The Morgan fingerprint density at radius 2 is 1.79 bits per heavy atom. The van der Waals surface area contributed by atoms with Gasteiger partial charge in [0, 0.05) is 29.6 Å². The molecule has 0 radical (unpaired) electrons. The normalized spacial score (nSPS) is 15.8. The Bertz CT molecular complexity index is 886. The lowest BCUT2D eigenvalue weighted by Crippen LogP contribution is -2.51. The number of nitrogens with one attached hydrogen (secondary N) is 2. The van der Waals surface area contributed by atoms with Gasteiger partial charge in [0.1, 0.15) is 17.5 Å². The molecule has 7 nitrogen and oxygen atoms in total. The molecule has 0 saturated carbocycles. The molecule has 1 unspecified atom stereocenters. The Labute approximate surface area is 200 Å². The fourth-order valence-corrected chi connectivity index (χ4v) is 4.77. The van der Waals surface area contributed by atoms with Crippen LogP contribution in [-0.4, -0.2) is 56.6 Å². The van der Waals surface area contributed by atoms with Crippen LogP contribution in [-0.2, 0) is 11.3 Å². The van der Waals surface area contributed by atoms with E-state index in [1.807, 2.05) is 13.8 Å². The molecule has 3 rings (SSSR count). The summed E-state index contributed by atoms with van der Waals surface area (Å²) in [5.41, 5.74) is 0.391. The zero-order valence-electron chi connectivity index (χ0n) is 19.9. The second kappa shape index (κ2) is 12.0. The zero-order chi connectivity index (χ0) is 23.8. The van der Waals surface area contributed by atoms with Gasteiger partial charge in [-0.15, -0.1) is 11.3 Å². The van der Waals surface area contributed by atoms with Crippen molar-refractivity contribution in [3.8, 4) is 11.5 Å². The second-order valence-electron chi connectivity index (χ2n) is 8.84. The molecule has 0 aliphatic carbocycles. The summed E-state index contributed by atoms with van der Waals surface area (Å²) in [5.74, 6) is 0.983. The van der Waals surface area contributed by atoms with Gasteiger partial charge in [-0.3, -0.25) is 14.5 Å². The average molecular weight is 474 g/mol. The fraction of sp³-hybridized carbons (Fsp3) is 0.520. The van der Waals surface area contributed by atoms with Gasteiger partial charge < -0.3 is 20.1 Å². The minimum absolute atomic E-state index is 0.0471. The SMILES string of the molecule is COc1cc(OC)cc(C(=O)NC(C(=O)NCC2CCN(Cc3cccs3)CC2)C(C)C)c1. The van der Waals surface area contributed by atoms with Gasteiger partial charge in [0.25, 0.3) is 5.91 Å². The van der Waals surface area contributed by atoms with Crippen LogP contribution in [0.4, 0.5) is 0 Å². The van der Waals surface area contributed by atoms with Crippen LogP contribution < -0.4 is 20.1 Å². The van der Waals surface area contributed by atoms with Gasteiger partial charge in [-0.25, -0.2) is 0 Å². The molecule has 33 heavy (non-hydrogen) atoms. The van der Waals surface area contributed by atoms with E-state index < -0.39 is 6.04 Å². The van der Waals surface area contributed by atoms with Crippen LogP contribution in [0.1, 0.15) is 41.9 Å². The van der Waals surface area contributed by atoms with Gasteiger partial charge in [0.05, 0.1) is 14.2 Å². The van der Waals surface area contributed by atoms with E-state index in [0.29, 0.717) is 29.5 Å². The average Bonchev–Trinajstić information content (AvgIpc) is 3.34. The van der Waals surface area contributed by atoms with Gasteiger partial charge in [-0.2, -0.15) is 0 Å². The molecule has 0 bridgehead atoms. The number of methoxy groups -OCH3 is 2. The predicted octanol–water partition coefficient (Wildman–Crippen LogP) is 3.55. The van der Waals surface area contributed by atoms with Crippen molar-refractivity contribution in [2.24, 2.45) is 11.8 Å². The summed E-state index contributed by atoms with van der Waals surface area (Å²) in [6, 6.07) is 8.63. The number of amides is 2. The highest BCUT2D eigenvalue weighted by Crippen LogP contribution is 2.23. The maximum absolute atomic E-state index is 12.9. The molecule has 2 heterocycles. The lowest BCUT2D eigenvalue weighted by atomic mass is 9.96. The molecule has 1 fully saturated rings. The number of thiophene rings is 1. The summed E-state index contributed by atoms with van der Waals surface area (Å²) in [6.45, 7) is 7.59. The molecule has 2 amide bonds. The van der Waals surface area contributed by atoms with Gasteiger partial charge in [0.2, 0.25) is 5.91 Å². The summed E-state index contributed by atoms with van der Waals surface area (Å²) in [5, 5.41) is 8.08. The topological polar surface area (TPSA) is 79.9 Å².